The first-order chi connectivity index (χ1) is 11.2. The standard InChI is InChI=1S/C17H16ClN3O2/c1-11-3-5-12(6-4-11)17-21-20-16(23-17)10-19-13-7-8-15(22-2)14(18)9-13/h3-9,19H,10H2,1-2H3. The summed E-state index contributed by atoms with van der Waals surface area (Å²) in [6.07, 6.45) is 0. The molecule has 0 atom stereocenters. The van der Waals surface area contributed by atoms with Crippen molar-refractivity contribution in [2.45, 2.75) is 13.5 Å². The Kier molecular flexibility index (Phi) is 4.48. The number of ether oxygens (including phenoxy) is 1. The average molecular weight is 330 g/mol. The second kappa shape index (κ2) is 6.71. The van der Waals surface area contributed by atoms with Gasteiger partial charge in [-0.25, -0.2) is 0 Å². The molecule has 0 fully saturated rings. The van der Waals surface area contributed by atoms with E-state index in [-0.39, 0.29) is 0 Å². The van der Waals surface area contributed by atoms with E-state index in [4.69, 9.17) is 20.8 Å². The third-order valence-electron chi connectivity index (χ3n) is 3.36. The molecule has 0 unspecified atom stereocenters. The lowest BCUT2D eigenvalue weighted by atomic mass is 10.1. The van der Waals surface area contributed by atoms with E-state index < -0.39 is 0 Å². The number of methoxy groups -OCH3 is 1. The summed E-state index contributed by atoms with van der Waals surface area (Å²) in [4.78, 5) is 0. The minimum absolute atomic E-state index is 0.418. The molecule has 5 nitrogen and oxygen atoms in total. The minimum Gasteiger partial charge on any atom is -0.495 e. The van der Waals surface area contributed by atoms with Crippen molar-refractivity contribution in [1.82, 2.24) is 10.2 Å². The fourth-order valence-corrected chi connectivity index (χ4v) is 2.35. The smallest absolute Gasteiger partial charge is 0.247 e. The van der Waals surface area contributed by atoms with Crippen molar-refractivity contribution in [2.75, 3.05) is 12.4 Å². The van der Waals surface area contributed by atoms with E-state index in [0.29, 0.717) is 29.1 Å². The molecule has 0 saturated heterocycles. The van der Waals surface area contributed by atoms with Crippen LogP contribution in [0.1, 0.15) is 11.5 Å². The molecule has 0 saturated carbocycles. The molecule has 2 aromatic carbocycles. The molecule has 1 N–H and O–H groups in total. The monoisotopic (exact) mass is 329 g/mol. The van der Waals surface area contributed by atoms with Crippen LogP contribution in [-0.4, -0.2) is 17.3 Å². The number of benzene rings is 2. The van der Waals surface area contributed by atoms with Gasteiger partial charge in [-0.15, -0.1) is 10.2 Å². The first-order valence-electron chi connectivity index (χ1n) is 7.12. The van der Waals surface area contributed by atoms with E-state index >= 15 is 0 Å². The van der Waals surface area contributed by atoms with Crippen LogP contribution in [0.4, 0.5) is 5.69 Å². The second-order valence-corrected chi connectivity index (χ2v) is 5.48. The van der Waals surface area contributed by atoms with Gasteiger partial charge in [0.15, 0.2) is 0 Å². The zero-order valence-corrected chi connectivity index (χ0v) is 13.6. The van der Waals surface area contributed by atoms with Gasteiger partial charge in [-0.2, -0.15) is 0 Å². The van der Waals surface area contributed by atoms with Crippen LogP contribution in [-0.2, 0) is 6.54 Å². The van der Waals surface area contributed by atoms with Crippen molar-refractivity contribution in [1.29, 1.82) is 0 Å². The molecule has 3 rings (SSSR count). The highest BCUT2D eigenvalue weighted by Crippen LogP contribution is 2.27. The molecule has 0 radical (unpaired) electrons. The Morgan fingerprint density at radius 1 is 1.13 bits per heavy atom. The second-order valence-electron chi connectivity index (χ2n) is 5.07. The lowest BCUT2D eigenvalue weighted by Crippen LogP contribution is -1.99. The Morgan fingerprint density at radius 3 is 2.61 bits per heavy atom. The van der Waals surface area contributed by atoms with Gasteiger partial charge in [0.2, 0.25) is 11.8 Å². The number of nitrogens with zero attached hydrogens (tertiary/aromatic N) is 2. The molecule has 0 bridgehead atoms. The van der Waals surface area contributed by atoms with E-state index in [2.05, 4.69) is 15.5 Å². The molecule has 0 aliphatic rings. The highest BCUT2D eigenvalue weighted by molar-refractivity contribution is 6.32. The Hall–Kier alpha value is -2.53. The SMILES string of the molecule is COc1ccc(NCc2nnc(-c3ccc(C)cc3)o2)cc1Cl. The minimum atomic E-state index is 0.418. The lowest BCUT2D eigenvalue weighted by Gasteiger charge is -2.07. The fourth-order valence-electron chi connectivity index (χ4n) is 2.09. The predicted molar refractivity (Wildman–Crippen MR) is 89.8 cm³/mol. The first kappa shape index (κ1) is 15.4. The van der Waals surface area contributed by atoms with E-state index in [9.17, 15) is 0 Å². The zero-order chi connectivity index (χ0) is 16.2. The number of aryl methyl sites for hydroxylation is 1. The van der Waals surface area contributed by atoms with Crippen LogP contribution < -0.4 is 10.1 Å². The van der Waals surface area contributed by atoms with Crippen molar-refractivity contribution in [3.05, 3.63) is 58.9 Å². The van der Waals surface area contributed by atoms with Crippen molar-refractivity contribution in [3.63, 3.8) is 0 Å². The Morgan fingerprint density at radius 2 is 1.91 bits per heavy atom. The number of hydrogen-bond acceptors (Lipinski definition) is 5. The number of rotatable bonds is 5. The van der Waals surface area contributed by atoms with E-state index in [1.54, 1.807) is 19.2 Å². The largest absolute Gasteiger partial charge is 0.495 e. The molecular formula is C17H16ClN3O2. The number of hydrogen-bond donors (Lipinski definition) is 1. The molecular weight excluding hydrogens is 314 g/mol. The summed E-state index contributed by atoms with van der Waals surface area (Å²) in [5, 5.41) is 11.9. The lowest BCUT2D eigenvalue weighted by molar-refractivity contribution is 0.415. The molecule has 0 aliphatic heterocycles. The van der Waals surface area contributed by atoms with Gasteiger partial charge < -0.3 is 14.5 Å². The van der Waals surface area contributed by atoms with Gasteiger partial charge in [0.1, 0.15) is 5.75 Å². The summed E-state index contributed by atoms with van der Waals surface area (Å²) in [7, 11) is 1.58. The van der Waals surface area contributed by atoms with Crippen LogP contribution in [0.3, 0.4) is 0 Å². The molecule has 3 aromatic rings. The summed E-state index contributed by atoms with van der Waals surface area (Å²) in [6.45, 7) is 2.45. The third kappa shape index (κ3) is 3.63. The van der Waals surface area contributed by atoms with Crippen LogP contribution in [0, 0.1) is 6.92 Å². The normalized spacial score (nSPS) is 10.6. The van der Waals surface area contributed by atoms with E-state index in [1.807, 2.05) is 37.3 Å². The van der Waals surface area contributed by atoms with Crippen molar-refractivity contribution < 1.29 is 9.15 Å². The summed E-state index contributed by atoms with van der Waals surface area (Å²) >= 11 is 6.09. The predicted octanol–water partition coefficient (Wildman–Crippen LogP) is 4.32. The Balaban J connectivity index is 1.67. The highest BCUT2D eigenvalue weighted by Gasteiger charge is 2.08. The quantitative estimate of drug-likeness (QED) is 0.755. The molecule has 1 aromatic heterocycles. The Bertz CT molecular complexity index is 800. The maximum atomic E-state index is 6.09. The van der Waals surface area contributed by atoms with Gasteiger partial charge in [-0.3, -0.25) is 0 Å². The van der Waals surface area contributed by atoms with Crippen molar-refractivity contribution in [3.8, 4) is 17.2 Å². The zero-order valence-electron chi connectivity index (χ0n) is 12.8. The van der Waals surface area contributed by atoms with Gasteiger partial charge in [-0.1, -0.05) is 29.3 Å². The van der Waals surface area contributed by atoms with Crippen LogP contribution in [0.15, 0.2) is 46.9 Å². The number of aromatic nitrogens is 2. The van der Waals surface area contributed by atoms with Crippen LogP contribution >= 0.6 is 11.6 Å². The van der Waals surface area contributed by atoms with Gasteiger partial charge in [0, 0.05) is 11.3 Å². The maximum absolute atomic E-state index is 6.09. The first-order valence-corrected chi connectivity index (χ1v) is 7.50. The number of halogens is 1. The molecule has 1 heterocycles. The summed E-state index contributed by atoms with van der Waals surface area (Å²) in [5.41, 5.74) is 2.94. The van der Waals surface area contributed by atoms with Crippen molar-refractivity contribution in [2.24, 2.45) is 0 Å². The molecule has 0 amide bonds. The van der Waals surface area contributed by atoms with Crippen LogP contribution in [0.5, 0.6) is 5.75 Å². The van der Waals surface area contributed by atoms with Gasteiger partial charge in [-0.05, 0) is 37.3 Å². The van der Waals surface area contributed by atoms with Gasteiger partial charge >= 0.3 is 0 Å². The third-order valence-corrected chi connectivity index (χ3v) is 3.66. The topological polar surface area (TPSA) is 60.2 Å². The molecule has 118 valence electrons. The number of anilines is 1. The Labute approximate surface area is 139 Å². The van der Waals surface area contributed by atoms with Gasteiger partial charge in [0.25, 0.3) is 0 Å². The summed E-state index contributed by atoms with van der Waals surface area (Å²) in [6, 6.07) is 13.4. The average Bonchev–Trinajstić information content (AvgIpc) is 3.03. The highest BCUT2D eigenvalue weighted by atomic mass is 35.5. The van der Waals surface area contributed by atoms with Crippen molar-refractivity contribution >= 4 is 17.3 Å². The molecule has 0 aliphatic carbocycles. The van der Waals surface area contributed by atoms with E-state index in [0.717, 1.165) is 11.3 Å². The van der Waals surface area contributed by atoms with E-state index in [1.165, 1.54) is 5.56 Å². The molecule has 23 heavy (non-hydrogen) atoms. The van der Waals surface area contributed by atoms with Crippen LogP contribution in [0.2, 0.25) is 5.02 Å². The van der Waals surface area contributed by atoms with Gasteiger partial charge in [0.05, 0.1) is 18.7 Å². The molecule has 0 spiro atoms. The molecule has 6 heteroatoms. The fraction of sp³-hybridized carbons (Fsp3) is 0.176. The number of nitrogens with one attached hydrogen (secondary N) is 1. The van der Waals surface area contributed by atoms with Crippen LogP contribution in [0.25, 0.3) is 11.5 Å². The maximum Gasteiger partial charge on any atom is 0.247 e. The summed E-state index contributed by atoms with van der Waals surface area (Å²) in [5.74, 6) is 1.65. The summed E-state index contributed by atoms with van der Waals surface area (Å²) < 4.78 is 10.8.